The van der Waals surface area contributed by atoms with Crippen molar-refractivity contribution in [3.8, 4) is 0 Å². The first kappa shape index (κ1) is 5.03. The Bertz CT molecular complexity index is 53.7. The molecule has 0 saturated carbocycles. The summed E-state index contributed by atoms with van der Waals surface area (Å²) in [6, 6.07) is 0. The van der Waals surface area contributed by atoms with E-state index in [4.69, 9.17) is 9.84 Å². The number of hydrogen-bond donors (Lipinski definition) is 2. The lowest BCUT2D eigenvalue weighted by Crippen LogP contribution is -2.03. The molecule has 0 aromatic carbocycles. The van der Waals surface area contributed by atoms with E-state index in [9.17, 15) is 0 Å². The van der Waals surface area contributed by atoms with Crippen LogP contribution in [0.2, 0.25) is 0 Å². The molecule has 3 nitrogen and oxygen atoms in total. The third kappa shape index (κ3) is 1.87. The maximum atomic E-state index is 8.19. The molecule has 42 valence electrons. The Labute approximate surface area is 42.3 Å². The van der Waals surface area contributed by atoms with Crippen molar-refractivity contribution in [3.05, 3.63) is 0 Å². The number of rotatable bonds is 3. The molecule has 1 aliphatic rings. The van der Waals surface area contributed by atoms with Crippen LogP contribution in [0.25, 0.3) is 0 Å². The van der Waals surface area contributed by atoms with Gasteiger partial charge in [-0.3, -0.25) is 5.32 Å². The minimum atomic E-state index is 0.123. The van der Waals surface area contributed by atoms with Gasteiger partial charge in [-0.15, -0.1) is 0 Å². The van der Waals surface area contributed by atoms with Gasteiger partial charge in [-0.1, -0.05) is 0 Å². The van der Waals surface area contributed by atoms with Crippen LogP contribution in [0.5, 0.6) is 0 Å². The molecule has 0 amide bonds. The standard InChI is InChI=1S/C4H9NO2/c6-1-2-7-4-3-5-4/h4-6H,1-3H2. The normalized spacial score (nSPS) is 27.9. The van der Waals surface area contributed by atoms with Gasteiger partial charge in [0.1, 0.15) is 6.23 Å². The van der Waals surface area contributed by atoms with Crippen LogP contribution in [0.1, 0.15) is 0 Å². The zero-order chi connectivity index (χ0) is 5.11. The van der Waals surface area contributed by atoms with Gasteiger partial charge in [0.2, 0.25) is 0 Å². The summed E-state index contributed by atoms with van der Waals surface area (Å²) in [6.45, 7) is 1.52. The maximum Gasteiger partial charge on any atom is 0.121 e. The molecule has 0 radical (unpaired) electrons. The fraction of sp³-hybridized carbons (Fsp3) is 1.00. The predicted molar refractivity (Wildman–Crippen MR) is 24.8 cm³/mol. The predicted octanol–water partition coefficient (Wildman–Crippen LogP) is -1.08. The summed E-state index contributed by atoms with van der Waals surface area (Å²) in [4.78, 5) is 0. The molecule has 0 bridgehead atoms. The second-order valence-electron chi connectivity index (χ2n) is 1.49. The molecular weight excluding hydrogens is 94.0 g/mol. The van der Waals surface area contributed by atoms with Crippen LogP contribution in [-0.4, -0.2) is 31.1 Å². The second kappa shape index (κ2) is 2.26. The highest BCUT2D eigenvalue weighted by atomic mass is 16.5. The van der Waals surface area contributed by atoms with Gasteiger partial charge in [-0.05, 0) is 0 Å². The van der Waals surface area contributed by atoms with E-state index < -0.39 is 0 Å². The van der Waals surface area contributed by atoms with E-state index >= 15 is 0 Å². The van der Waals surface area contributed by atoms with Crippen LogP contribution in [0, 0.1) is 0 Å². The highest BCUT2D eigenvalue weighted by Crippen LogP contribution is 1.96. The molecule has 0 spiro atoms. The summed E-state index contributed by atoms with van der Waals surface area (Å²) in [5.74, 6) is 0. The SMILES string of the molecule is OCCOC1CN1. The minimum Gasteiger partial charge on any atom is -0.394 e. The maximum absolute atomic E-state index is 8.19. The summed E-state index contributed by atoms with van der Waals surface area (Å²) < 4.78 is 4.94. The Morgan fingerprint density at radius 1 is 1.86 bits per heavy atom. The molecule has 0 aromatic heterocycles. The molecule has 1 rings (SSSR count). The van der Waals surface area contributed by atoms with Crippen molar-refractivity contribution in [1.29, 1.82) is 0 Å². The Morgan fingerprint density at radius 3 is 3.00 bits per heavy atom. The quantitative estimate of drug-likeness (QED) is 0.447. The number of nitrogens with one attached hydrogen (secondary N) is 1. The zero-order valence-corrected chi connectivity index (χ0v) is 4.05. The van der Waals surface area contributed by atoms with E-state index in [0.29, 0.717) is 6.61 Å². The molecule has 1 saturated heterocycles. The summed E-state index contributed by atoms with van der Waals surface area (Å²) >= 11 is 0. The Kier molecular flexibility index (Phi) is 1.62. The Hall–Kier alpha value is -0.120. The molecule has 1 heterocycles. The Balaban J connectivity index is 1.80. The minimum absolute atomic E-state index is 0.123. The topological polar surface area (TPSA) is 51.4 Å². The summed E-state index contributed by atoms with van der Waals surface area (Å²) in [5.41, 5.74) is 0. The largest absolute Gasteiger partial charge is 0.394 e. The van der Waals surface area contributed by atoms with Crippen molar-refractivity contribution in [3.63, 3.8) is 0 Å². The molecule has 1 fully saturated rings. The fourth-order valence-corrected chi connectivity index (χ4v) is 0.361. The molecule has 3 heteroatoms. The van der Waals surface area contributed by atoms with E-state index in [2.05, 4.69) is 5.32 Å². The van der Waals surface area contributed by atoms with Crippen LogP contribution >= 0.6 is 0 Å². The van der Waals surface area contributed by atoms with Crippen LogP contribution in [0.3, 0.4) is 0 Å². The van der Waals surface area contributed by atoms with Gasteiger partial charge in [0, 0.05) is 6.54 Å². The molecule has 1 aliphatic heterocycles. The third-order valence-electron chi connectivity index (χ3n) is 0.781. The molecule has 0 aliphatic carbocycles. The average Bonchev–Trinajstić information content (AvgIpc) is 2.42. The first-order valence-corrected chi connectivity index (χ1v) is 2.39. The number of aliphatic hydroxyl groups excluding tert-OH is 1. The molecule has 2 N–H and O–H groups in total. The lowest BCUT2D eigenvalue weighted by atomic mass is 10.7. The average molecular weight is 103 g/mol. The molecule has 1 atom stereocenters. The highest BCUT2D eigenvalue weighted by molar-refractivity contribution is 4.71. The van der Waals surface area contributed by atoms with Crippen LogP contribution < -0.4 is 5.32 Å². The summed E-state index contributed by atoms with van der Waals surface area (Å²) in [5, 5.41) is 11.1. The first-order chi connectivity index (χ1) is 3.43. The third-order valence-corrected chi connectivity index (χ3v) is 0.781. The van der Waals surface area contributed by atoms with Gasteiger partial charge in [0.15, 0.2) is 0 Å². The van der Waals surface area contributed by atoms with Crippen molar-refractivity contribution in [2.45, 2.75) is 6.23 Å². The number of aliphatic hydroxyl groups is 1. The van der Waals surface area contributed by atoms with Gasteiger partial charge < -0.3 is 9.84 Å². The molecule has 0 aromatic rings. The van der Waals surface area contributed by atoms with Crippen LogP contribution in [-0.2, 0) is 4.74 Å². The summed E-state index contributed by atoms with van der Waals surface area (Å²) in [7, 11) is 0. The lowest BCUT2D eigenvalue weighted by Gasteiger charge is -1.92. The van der Waals surface area contributed by atoms with E-state index in [0.717, 1.165) is 6.54 Å². The van der Waals surface area contributed by atoms with Crippen molar-refractivity contribution in [2.24, 2.45) is 0 Å². The van der Waals surface area contributed by atoms with Crippen LogP contribution in [0.15, 0.2) is 0 Å². The van der Waals surface area contributed by atoms with Crippen molar-refractivity contribution in [2.75, 3.05) is 19.8 Å². The van der Waals surface area contributed by atoms with Crippen molar-refractivity contribution < 1.29 is 9.84 Å². The zero-order valence-electron chi connectivity index (χ0n) is 4.05. The van der Waals surface area contributed by atoms with Gasteiger partial charge in [0.25, 0.3) is 0 Å². The van der Waals surface area contributed by atoms with Gasteiger partial charge in [-0.2, -0.15) is 0 Å². The van der Waals surface area contributed by atoms with E-state index in [1.807, 2.05) is 0 Å². The smallest absolute Gasteiger partial charge is 0.121 e. The van der Waals surface area contributed by atoms with Gasteiger partial charge in [0.05, 0.1) is 13.2 Å². The molecule has 1 unspecified atom stereocenters. The molecule has 7 heavy (non-hydrogen) atoms. The number of ether oxygens (including phenoxy) is 1. The number of hydrogen-bond acceptors (Lipinski definition) is 3. The highest BCUT2D eigenvalue weighted by Gasteiger charge is 2.19. The Morgan fingerprint density at radius 2 is 2.57 bits per heavy atom. The van der Waals surface area contributed by atoms with E-state index in [1.165, 1.54) is 0 Å². The monoisotopic (exact) mass is 103 g/mol. The van der Waals surface area contributed by atoms with Crippen LogP contribution in [0.4, 0.5) is 0 Å². The van der Waals surface area contributed by atoms with Crippen molar-refractivity contribution >= 4 is 0 Å². The summed E-state index contributed by atoms with van der Waals surface area (Å²) in [6.07, 6.45) is 0.243. The van der Waals surface area contributed by atoms with E-state index in [1.54, 1.807) is 0 Å². The lowest BCUT2D eigenvalue weighted by molar-refractivity contribution is 0.0786. The van der Waals surface area contributed by atoms with Gasteiger partial charge >= 0.3 is 0 Å². The fourth-order valence-electron chi connectivity index (χ4n) is 0.361. The first-order valence-electron chi connectivity index (χ1n) is 2.39. The van der Waals surface area contributed by atoms with E-state index in [-0.39, 0.29) is 12.8 Å². The second-order valence-corrected chi connectivity index (χ2v) is 1.49. The van der Waals surface area contributed by atoms with Crippen molar-refractivity contribution in [1.82, 2.24) is 5.32 Å². The van der Waals surface area contributed by atoms with Gasteiger partial charge in [-0.25, -0.2) is 0 Å². The molecular formula is C4H9NO2.